The van der Waals surface area contributed by atoms with Crippen LogP contribution in [0.1, 0.15) is 12.0 Å². The highest BCUT2D eigenvalue weighted by molar-refractivity contribution is 5.71. The molecule has 0 aliphatic carbocycles. The number of anilines is 2. The number of ether oxygens (including phenoxy) is 3. The Morgan fingerprint density at radius 2 is 2.15 bits per heavy atom. The zero-order chi connectivity index (χ0) is 18.8. The monoisotopic (exact) mass is 370 g/mol. The van der Waals surface area contributed by atoms with Crippen LogP contribution < -0.4 is 19.1 Å². The Kier molecular flexibility index (Phi) is 4.70. The second-order valence-electron chi connectivity index (χ2n) is 6.64. The fraction of sp³-hybridized carbons (Fsp3) is 0.421. The van der Waals surface area contributed by atoms with E-state index in [9.17, 15) is 4.79 Å². The average molecular weight is 370 g/mol. The first-order valence-electron chi connectivity index (χ1n) is 8.95. The summed E-state index contributed by atoms with van der Waals surface area (Å²) in [6, 6.07) is 3.93. The largest absolute Gasteiger partial charge is 0.488 e. The van der Waals surface area contributed by atoms with E-state index < -0.39 is 0 Å². The summed E-state index contributed by atoms with van der Waals surface area (Å²) in [5.74, 6) is 1.86. The molecule has 0 spiro atoms. The molecule has 142 valence electrons. The number of methoxy groups -OCH3 is 1. The van der Waals surface area contributed by atoms with Crippen LogP contribution in [-0.4, -0.2) is 60.7 Å². The predicted molar refractivity (Wildman–Crippen MR) is 98.9 cm³/mol. The molecule has 0 saturated carbocycles. The zero-order valence-corrected chi connectivity index (χ0v) is 15.4. The first-order chi connectivity index (χ1) is 13.2. The number of likely N-dealkylation sites (tertiary alicyclic amines) is 1. The highest BCUT2D eigenvalue weighted by Gasteiger charge is 2.26. The minimum atomic E-state index is -0.0383. The first-order valence-corrected chi connectivity index (χ1v) is 8.95. The van der Waals surface area contributed by atoms with Gasteiger partial charge in [-0.15, -0.1) is 0 Å². The average Bonchev–Trinajstić information content (AvgIpc) is 3.15. The summed E-state index contributed by atoms with van der Waals surface area (Å²) in [5, 5.41) is 0. The molecule has 1 atom stereocenters. The number of carbonyl (C=O) groups is 1. The molecule has 27 heavy (non-hydrogen) atoms. The number of nitrogens with zero attached hydrogens (tertiary/aromatic N) is 4. The third kappa shape index (κ3) is 3.47. The van der Waals surface area contributed by atoms with Crippen molar-refractivity contribution in [2.75, 3.05) is 38.3 Å². The van der Waals surface area contributed by atoms with Crippen LogP contribution in [0, 0.1) is 6.92 Å². The molecule has 0 radical (unpaired) electrons. The predicted octanol–water partition coefficient (Wildman–Crippen LogP) is 1.93. The number of aromatic nitrogens is 2. The molecule has 2 aliphatic rings. The Hall–Kier alpha value is -3.03. The molecule has 8 nitrogen and oxygen atoms in total. The second kappa shape index (κ2) is 7.30. The van der Waals surface area contributed by atoms with Crippen LogP contribution in [0.4, 0.5) is 11.4 Å². The van der Waals surface area contributed by atoms with Gasteiger partial charge in [-0.1, -0.05) is 0 Å². The lowest BCUT2D eigenvalue weighted by molar-refractivity contribution is -0.117. The van der Waals surface area contributed by atoms with Crippen molar-refractivity contribution >= 4 is 17.8 Å². The van der Waals surface area contributed by atoms with E-state index >= 15 is 0 Å². The summed E-state index contributed by atoms with van der Waals surface area (Å²) in [7, 11) is 1.61. The summed E-state index contributed by atoms with van der Waals surface area (Å²) >= 11 is 0. The minimum Gasteiger partial charge on any atom is -0.488 e. The highest BCUT2D eigenvalue weighted by Crippen LogP contribution is 2.38. The fourth-order valence-corrected chi connectivity index (χ4v) is 3.46. The van der Waals surface area contributed by atoms with Crippen LogP contribution in [0.3, 0.4) is 0 Å². The Morgan fingerprint density at radius 3 is 2.89 bits per heavy atom. The molecule has 0 unspecified atom stereocenters. The van der Waals surface area contributed by atoms with Gasteiger partial charge in [-0.25, -0.2) is 9.97 Å². The van der Waals surface area contributed by atoms with Crippen LogP contribution in [0.2, 0.25) is 0 Å². The van der Waals surface area contributed by atoms with Gasteiger partial charge in [0.25, 0.3) is 0 Å². The smallest absolute Gasteiger partial charge is 0.216 e. The van der Waals surface area contributed by atoms with Crippen molar-refractivity contribution in [3.63, 3.8) is 0 Å². The fourth-order valence-electron chi connectivity index (χ4n) is 3.46. The van der Waals surface area contributed by atoms with Crippen LogP contribution in [-0.2, 0) is 4.79 Å². The molecular formula is C19H22N4O4. The third-order valence-corrected chi connectivity index (χ3v) is 4.82. The van der Waals surface area contributed by atoms with Crippen LogP contribution >= 0.6 is 0 Å². The van der Waals surface area contributed by atoms with E-state index in [-0.39, 0.29) is 6.10 Å². The number of amides is 1. The molecule has 2 aliphatic heterocycles. The molecule has 0 aromatic carbocycles. The number of fused-ring (bicyclic) bond motifs is 1. The minimum absolute atomic E-state index is 0.0383. The maximum absolute atomic E-state index is 10.9. The van der Waals surface area contributed by atoms with Crippen molar-refractivity contribution in [3.8, 4) is 17.5 Å². The Morgan fingerprint density at radius 1 is 1.26 bits per heavy atom. The van der Waals surface area contributed by atoms with E-state index in [1.54, 1.807) is 24.4 Å². The van der Waals surface area contributed by atoms with E-state index in [0.717, 1.165) is 29.8 Å². The summed E-state index contributed by atoms with van der Waals surface area (Å²) < 4.78 is 17.0. The zero-order valence-electron chi connectivity index (χ0n) is 15.4. The lowest BCUT2D eigenvalue weighted by atomic mass is 10.2. The van der Waals surface area contributed by atoms with Crippen molar-refractivity contribution in [3.05, 3.63) is 30.1 Å². The Balaban J connectivity index is 1.59. The lowest BCUT2D eigenvalue weighted by Crippen LogP contribution is -2.29. The number of pyridine rings is 2. The molecule has 2 aromatic rings. The van der Waals surface area contributed by atoms with Crippen molar-refractivity contribution in [1.82, 2.24) is 14.9 Å². The number of hydrogen-bond acceptors (Lipinski definition) is 7. The lowest BCUT2D eigenvalue weighted by Gasteiger charge is -2.31. The summed E-state index contributed by atoms with van der Waals surface area (Å²) in [6.07, 6.45) is 5.11. The molecule has 0 bridgehead atoms. The number of carbonyl (C=O) groups excluding carboxylic acids is 1. The summed E-state index contributed by atoms with van der Waals surface area (Å²) in [6.45, 7) is 4.54. The second-order valence-corrected chi connectivity index (χ2v) is 6.64. The maximum Gasteiger partial charge on any atom is 0.216 e. The third-order valence-electron chi connectivity index (χ3n) is 4.82. The Bertz CT molecular complexity index is 844. The highest BCUT2D eigenvalue weighted by atomic mass is 16.5. The molecule has 1 amide bonds. The van der Waals surface area contributed by atoms with Crippen LogP contribution in [0.5, 0.6) is 17.5 Å². The van der Waals surface area contributed by atoms with Gasteiger partial charge >= 0.3 is 0 Å². The van der Waals surface area contributed by atoms with Gasteiger partial charge in [0.2, 0.25) is 18.2 Å². The van der Waals surface area contributed by atoms with Crippen LogP contribution in [0.15, 0.2) is 24.5 Å². The normalized spacial score (nSPS) is 18.7. The number of aryl methyl sites for hydroxylation is 1. The first kappa shape index (κ1) is 17.4. The van der Waals surface area contributed by atoms with Gasteiger partial charge in [-0.3, -0.25) is 4.79 Å². The molecule has 4 heterocycles. The molecule has 4 rings (SSSR count). The van der Waals surface area contributed by atoms with E-state index in [1.165, 1.54) is 0 Å². The number of hydrogen-bond donors (Lipinski definition) is 0. The van der Waals surface area contributed by atoms with E-state index in [4.69, 9.17) is 14.2 Å². The van der Waals surface area contributed by atoms with Crippen LogP contribution in [0.25, 0.3) is 0 Å². The van der Waals surface area contributed by atoms with Gasteiger partial charge in [0.05, 0.1) is 44.0 Å². The molecule has 1 saturated heterocycles. The number of rotatable bonds is 5. The van der Waals surface area contributed by atoms with E-state index in [0.29, 0.717) is 43.8 Å². The van der Waals surface area contributed by atoms with Gasteiger partial charge in [-0.2, -0.15) is 0 Å². The van der Waals surface area contributed by atoms with E-state index in [2.05, 4.69) is 14.9 Å². The maximum atomic E-state index is 10.9. The standard InChI is InChI=1S/C19H22N4O4/c1-13-7-14(9-21-19(13)25-2)23-5-6-26-17-10-20-18(8-16(17)23)27-15-3-4-22(11-15)12-24/h7-10,12,15H,3-6,11H2,1-2H3/t15-/m1/s1. The van der Waals surface area contributed by atoms with Crippen molar-refractivity contribution in [1.29, 1.82) is 0 Å². The molecule has 0 N–H and O–H groups in total. The molecule has 2 aromatic heterocycles. The topological polar surface area (TPSA) is 77.0 Å². The summed E-state index contributed by atoms with van der Waals surface area (Å²) in [5.41, 5.74) is 2.82. The van der Waals surface area contributed by atoms with Gasteiger partial charge in [0.1, 0.15) is 12.7 Å². The molecular weight excluding hydrogens is 348 g/mol. The van der Waals surface area contributed by atoms with Gasteiger partial charge in [0.15, 0.2) is 5.75 Å². The Labute approximate surface area is 157 Å². The van der Waals surface area contributed by atoms with Crippen molar-refractivity contribution in [2.45, 2.75) is 19.4 Å². The van der Waals surface area contributed by atoms with Crippen molar-refractivity contribution < 1.29 is 19.0 Å². The summed E-state index contributed by atoms with van der Waals surface area (Å²) in [4.78, 5) is 23.5. The molecule has 1 fully saturated rings. The van der Waals surface area contributed by atoms with E-state index in [1.807, 2.05) is 19.1 Å². The SMILES string of the molecule is COc1ncc(N2CCOc3cnc(O[C@@H]4CCN(C=O)C4)cc32)cc1C. The van der Waals surface area contributed by atoms with Gasteiger partial charge in [-0.05, 0) is 13.0 Å². The molecule has 8 heteroatoms. The van der Waals surface area contributed by atoms with Crippen molar-refractivity contribution in [2.24, 2.45) is 0 Å². The van der Waals surface area contributed by atoms with Gasteiger partial charge in [0, 0.05) is 24.6 Å². The van der Waals surface area contributed by atoms with Gasteiger partial charge < -0.3 is 24.0 Å². The quantitative estimate of drug-likeness (QED) is 0.744.